The van der Waals surface area contributed by atoms with E-state index in [9.17, 15) is 9.59 Å². The number of nitriles is 1. The molecule has 0 saturated carbocycles. The number of nitrogens with one attached hydrogen (secondary N) is 2. The lowest BCUT2D eigenvalue weighted by Crippen LogP contribution is -2.32. The lowest BCUT2D eigenvalue weighted by atomic mass is 9.96. The van der Waals surface area contributed by atoms with Gasteiger partial charge in [-0.25, -0.2) is 24.4 Å². The van der Waals surface area contributed by atoms with Crippen LogP contribution < -0.4 is 11.4 Å². The predicted octanol–water partition coefficient (Wildman–Crippen LogP) is -0.586. The van der Waals surface area contributed by atoms with Gasteiger partial charge in [-0.05, 0) is 13.8 Å². The Morgan fingerprint density at radius 1 is 1.38 bits per heavy atom. The van der Waals surface area contributed by atoms with Crippen LogP contribution in [0.15, 0.2) is 9.59 Å². The van der Waals surface area contributed by atoms with Crippen molar-refractivity contribution in [3.05, 3.63) is 21.0 Å². The van der Waals surface area contributed by atoms with Crippen molar-refractivity contribution in [3.8, 4) is 6.07 Å². The second-order valence-electron chi connectivity index (χ2n) is 3.44. The topological polar surface area (TPSA) is 94.4 Å². The molecular formula is C7H10N4O2. The third-order valence-corrected chi connectivity index (χ3v) is 1.62. The minimum Gasteiger partial charge on any atom is -0.247 e. The first-order chi connectivity index (χ1) is 5.96. The Hall–Kier alpha value is -1.77. The van der Waals surface area contributed by atoms with Gasteiger partial charge in [0.25, 0.3) is 0 Å². The molecule has 2 N–H and O–H groups in total. The van der Waals surface area contributed by atoms with E-state index in [1.807, 2.05) is 6.07 Å². The van der Waals surface area contributed by atoms with Gasteiger partial charge in [0.05, 0.1) is 18.0 Å². The molecule has 1 aromatic rings. The van der Waals surface area contributed by atoms with Crippen molar-refractivity contribution >= 4 is 0 Å². The van der Waals surface area contributed by atoms with Crippen molar-refractivity contribution in [3.63, 3.8) is 0 Å². The quantitative estimate of drug-likeness (QED) is 0.640. The summed E-state index contributed by atoms with van der Waals surface area (Å²) in [7, 11) is 0. The SMILES string of the molecule is CC(C)(C#N)Cn1c(=O)[nH][nH]c1=O. The summed E-state index contributed by atoms with van der Waals surface area (Å²) in [5.74, 6) is 0. The molecule has 0 amide bonds. The molecule has 13 heavy (non-hydrogen) atoms. The van der Waals surface area contributed by atoms with Gasteiger partial charge in [0.15, 0.2) is 0 Å². The number of aromatic nitrogens is 3. The van der Waals surface area contributed by atoms with Crippen LogP contribution >= 0.6 is 0 Å². The molecule has 0 atom stereocenters. The normalized spacial score (nSPS) is 11.2. The molecule has 70 valence electrons. The van der Waals surface area contributed by atoms with Crippen LogP contribution in [0.4, 0.5) is 0 Å². The van der Waals surface area contributed by atoms with Crippen LogP contribution in [0, 0.1) is 16.7 Å². The van der Waals surface area contributed by atoms with Crippen molar-refractivity contribution in [2.75, 3.05) is 0 Å². The largest absolute Gasteiger partial charge is 0.344 e. The van der Waals surface area contributed by atoms with E-state index in [-0.39, 0.29) is 6.54 Å². The fraction of sp³-hybridized carbons (Fsp3) is 0.571. The predicted molar refractivity (Wildman–Crippen MR) is 45.1 cm³/mol. The first kappa shape index (κ1) is 9.32. The van der Waals surface area contributed by atoms with Gasteiger partial charge in [-0.15, -0.1) is 0 Å². The van der Waals surface area contributed by atoms with E-state index < -0.39 is 16.8 Å². The third kappa shape index (κ3) is 1.87. The molecule has 0 aliphatic carbocycles. The van der Waals surface area contributed by atoms with Gasteiger partial charge in [0.1, 0.15) is 0 Å². The lowest BCUT2D eigenvalue weighted by Gasteiger charge is -2.13. The van der Waals surface area contributed by atoms with Crippen LogP contribution in [-0.2, 0) is 6.54 Å². The number of H-pyrrole nitrogens is 2. The molecule has 0 unspecified atom stereocenters. The number of aromatic amines is 2. The van der Waals surface area contributed by atoms with Crippen molar-refractivity contribution in [1.82, 2.24) is 14.8 Å². The second kappa shape index (κ2) is 2.94. The molecule has 1 heterocycles. The van der Waals surface area contributed by atoms with Crippen molar-refractivity contribution in [2.24, 2.45) is 5.41 Å². The van der Waals surface area contributed by atoms with Crippen LogP contribution in [0.1, 0.15) is 13.8 Å². The van der Waals surface area contributed by atoms with Gasteiger partial charge in [0.2, 0.25) is 0 Å². The first-order valence-electron chi connectivity index (χ1n) is 3.75. The molecule has 1 rings (SSSR count). The van der Waals surface area contributed by atoms with Gasteiger partial charge in [-0.3, -0.25) is 0 Å². The summed E-state index contributed by atoms with van der Waals surface area (Å²) in [6, 6.07) is 2.01. The highest BCUT2D eigenvalue weighted by Gasteiger charge is 2.19. The van der Waals surface area contributed by atoms with Crippen molar-refractivity contribution < 1.29 is 0 Å². The zero-order valence-electron chi connectivity index (χ0n) is 7.42. The lowest BCUT2D eigenvalue weighted by molar-refractivity contribution is 0.396. The summed E-state index contributed by atoms with van der Waals surface area (Å²) in [5, 5.41) is 13.0. The van der Waals surface area contributed by atoms with Crippen LogP contribution in [-0.4, -0.2) is 14.8 Å². The molecule has 0 saturated heterocycles. The molecule has 0 radical (unpaired) electrons. The molecule has 0 fully saturated rings. The molecule has 0 aliphatic rings. The monoisotopic (exact) mass is 182 g/mol. The Labute approximate surface area is 73.8 Å². The van der Waals surface area contributed by atoms with Gasteiger partial charge in [-0.1, -0.05) is 0 Å². The van der Waals surface area contributed by atoms with E-state index in [2.05, 4.69) is 10.2 Å². The minimum absolute atomic E-state index is 0.0845. The number of rotatable bonds is 2. The maximum Gasteiger partial charge on any atom is 0.344 e. The summed E-state index contributed by atoms with van der Waals surface area (Å²) in [4.78, 5) is 22.0. The fourth-order valence-corrected chi connectivity index (χ4v) is 0.908. The Morgan fingerprint density at radius 3 is 2.23 bits per heavy atom. The molecule has 0 aromatic carbocycles. The minimum atomic E-state index is -0.723. The summed E-state index contributed by atoms with van der Waals surface area (Å²) >= 11 is 0. The summed E-state index contributed by atoms with van der Waals surface area (Å²) in [5.41, 5.74) is -1.76. The molecule has 6 nitrogen and oxygen atoms in total. The Kier molecular flexibility index (Phi) is 2.10. The Bertz CT molecular complexity index is 415. The van der Waals surface area contributed by atoms with Gasteiger partial charge < -0.3 is 0 Å². The smallest absolute Gasteiger partial charge is 0.247 e. The van der Waals surface area contributed by atoms with Gasteiger partial charge >= 0.3 is 11.4 Å². The third-order valence-electron chi connectivity index (χ3n) is 1.62. The summed E-state index contributed by atoms with van der Waals surface area (Å²) < 4.78 is 0.962. The first-order valence-corrected chi connectivity index (χ1v) is 3.75. The van der Waals surface area contributed by atoms with Crippen LogP contribution in [0.25, 0.3) is 0 Å². The highest BCUT2D eigenvalue weighted by Crippen LogP contribution is 2.13. The van der Waals surface area contributed by atoms with E-state index in [1.54, 1.807) is 13.8 Å². The highest BCUT2D eigenvalue weighted by atomic mass is 16.2. The van der Waals surface area contributed by atoms with Crippen LogP contribution in [0.2, 0.25) is 0 Å². The van der Waals surface area contributed by atoms with Crippen molar-refractivity contribution in [2.45, 2.75) is 20.4 Å². The molecule has 0 bridgehead atoms. The Balaban J connectivity index is 3.07. The average Bonchev–Trinajstić information content (AvgIpc) is 2.36. The van der Waals surface area contributed by atoms with Gasteiger partial charge in [0, 0.05) is 0 Å². The van der Waals surface area contributed by atoms with Gasteiger partial charge in [-0.2, -0.15) is 5.26 Å². The van der Waals surface area contributed by atoms with E-state index in [0.29, 0.717) is 0 Å². The fourth-order valence-electron chi connectivity index (χ4n) is 0.908. The molecule has 6 heteroatoms. The number of hydrogen-bond acceptors (Lipinski definition) is 3. The Morgan fingerprint density at radius 2 is 1.85 bits per heavy atom. The standard InChI is InChI=1S/C7H10N4O2/c1-7(2,3-8)4-11-5(12)9-10-6(11)13/h4H2,1-2H3,(H,9,12)(H,10,13). The summed E-state index contributed by atoms with van der Waals surface area (Å²) in [6.07, 6.45) is 0. The molecule has 0 aliphatic heterocycles. The highest BCUT2D eigenvalue weighted by molar-refractivity contribution is 4.92. The van der Waals surface area contributed by atoms with Crippen LogP contribution in [0.5, 0.6) is 0 Å². The zero-order valence-corrected chi connectivity index (χ0v) is 7.42. The van der Waals surface area contributed by atoms with E-state index in [0.717, 1.165) is 4.57 Å². The van der Waals surface area contributed by atoms with E-state index in [4.69, 9.17) is 5.26 Å². The maximum atomic E-state index is 11.0. The molecule has 0 spiro atoms. The average molecular weight is 182 g/mol. The van der Waals surface area contributed by atoms with Crippen molar-refractivity contribution in [1.29, 1.82) is 5.26 Å². The molecular weight excluding hydrogens is 172 g/mol. The van der Waals surface area contributed by atoms with E-state index in [1.165, 1.54) is 0 Å². The zero-order chi connectivity index (χ0) is 10.1. The number of hydrogen-bond donors (Lipinski definition) is 2. The maximum absolute atomic E-state index is 11.0. The summed E-state index contributed by atoms with van der Waals surface area (Å²) in [6.45, 7) is 3.40. The second-order valence-corrected chi connectivity index (χ2v) is 3.44. The van der Waals surface area contributed by atoms with Crippen LogP contribution in [0.3, 0.4) is 0 Å². The number of nitrogens with zero attached hydrogens (tertiary/aromatic N) is 2. The van der Waals surface area contributed by atoms with E-state index >= 15 is 0 Å². The molecule has 1 aromatic heterocycles.